The minimum Gasteiger partial charge on any atom is -0.507 e. The maximum absolute atomic E-state index is 10.8. The quantitative estimate of drug-likeness (QED) is 0.679. The highest BCUT2D eigenvalue weighted by molar-refractivity contribution is 7.48. The molecule has 3 heteroatoms. The van der Waals surface area contributed by atoms with Gasteiger partial charge in [0.25, 0.3) is 0 Å². The molecule has 0 aliphatic carbocycles. The number of benzene rings is 2. The van der Waals surface area contributed by atoms with Crippen molar-refractivity contribution in [3.05, 3.63) is 58.1 Å². The lowest BCUT2D eigenvalue weighted by Gasteiger charge is -2.34. The summed E-state index contributed by atoms with van der Waals surface area (Å²) in [6.45, 7) is 11.6. The van der Waals surface area contributed by atoms with Gasteiger partial charge in [-0.25, -0.2) is 0 Å². The molecule has 0 aromatic heterocycles. The minimum atomic E-state index is -0.0153. The van der Waals surface area contributed by atoms with Gasteiger partial charge in [-0.15, -0.1) is 0 Å². The van der Waals surface area contributed by atoms with E-state index in [4.69, 9.17) is 0 Å². The van der Waals surface area contributed by atoms with E-state index in [-0.39, 0.29) is 5.16 Å². The molecule has 0 bridgehead atoms. The molecule has 2 N–H and O–H groups in total. The Morgan fingerprint density at radius 2 is 1.68 bits per heavy atom. The van der Waals surface area contributed by atoms with Crippen LogP contribution in [0, 0.1) is 20.8 Å². The summed E-state index contributed by atoms with van der Waals surface area (Å²) >= 11 is 0. The molecule has 1 atom stereocenters. The Hall–Kier alpha value is -1.37. The van der Waals surface area contributed by atoms with Crippen LogP contribution in [0.1, 0.15) is 54.5 Å². The zero-order valence-electron chi connectivity index (χ0n) is 16.5. The number of phenolic OH excluding ortho intramolecular Hbond substituents is 1. The Morgan fingerprint density at radius 1 is 1.00 bits per heavy atom. The van der Waals surface area contributed by atoms with E-state index in [1.165, 1.54) is 22.0 Å². The highest BCUT2D eigenvalue weighted by Gasteiger charge is 2.32. The molecule has 0 heterocycles. The van der Waals surface area contributed by atoms with Crippen LogP contribution in [0.4, 0.5) is 0 Å². The van der Waals surface area contributed by atoms with E-state index in [0.29, 0.717) is 14.3 Å². The molecular formula is C22H32NOP. The molecule has 0 radical (unpaired) electrons. The summed E-state index contributed by atoms with van der Waals surface area (Å²) in [5.74, 6) is 0.476. The van der Waals surface area contributed by atoms with Crippen LogP contribution in [0.25, 0.3) is 0 Å². The number of nitrogens with one attached hydrogen (secondary N) is 1. The molecule has 0 aliphatic heterocycles. The third-order valence-electron chi connectivity index (χ3n) is 5.17. The normalized spacial score (nSPS) is 12.2. The second-order valence-electron chi connectivity index (χ2n) is 7.08. The second kappa shape index (κ2) is 8.34. The zero-order valence-corrected chi connectivity index (χ0v) is 17.5. The Morgan fingerprint density at radius 3 is 2.28 bits per heavy atom. The molecule has 0 saturated carbocycles. The van der Waals surface area contributed by atoms with Gasteiger partial charge in [-0.3, -0.25) is 0 Å². The topological polar surface area (TPSA) is 32.3 Å². The summed E-state index contributed by atoms with van der Waals surface area (Å²) in [6.07, 6.45) is 2.04. The highest BCUT2D eigenvalue weighted by atomic mass is 31.1. The van der Waals surface area contributed by atoms with Gasteiger partial charge >= 0.3 is 0 Å². The lowest BCUT2D eigenvalue weighted by molar-refractivity contribution is 0.444. The summed E-state index contributed by atoms with van der Waals surface area (Å²) < 4.78 is 0. The maximum atomic E-state index is 10.8. The van der Waals surface area contributed by atoms with Gasteiger partial charge in [-0.1, -0.05) is 63.9 Å². The summed E-state index contributed by atoms with van der Waals surface area (Å²) in [6, 6.07) is 11.0. The van der Waals surface area contributed by atoms with Gasteiger partial charge in [-0.05, 0) is 57.1 Å². The van der Waals surface area contributed by atoms with Crippen LogP contribution in [0.2, 0.25) is 0 Å². The predicted octanol–water partition coefficient (Wildman–Crippen LogP) is 5.06. The fourth-order valence-corrected chi connectivity index (χ4v) is 5.32. The molecule has 2 aromatic carbocycles. The van der Waals surface area contributed by atoms with Crippen LogP contribution in [0.5, 0.6) is 5.75 Å². The van der Waals surface area contributed by atoms with Crippen LogP contribution in [0.15, 0.2) is 30.3 Å². The van der Waals surface area contributed by atoms with Gasteiger partial charge in [0.15, 0.2) is 0 Å². The molecule has 1 unspecified atom stereocenters. The monoisotopic (exact) mass is 357 g/mol. The van der Waals surface area contributed by atoms with E-state index in [0.717, 1.165) is 30.5 Å². The van der Waals surface area contributed by atoms with Gasteiger partial charge in [0, 0.05) is 17.3 Å². The van der Waals surface area contributed by atoms with Crippen LogP contribution < -0.4 is 10.6 Å². The van der Waals surface area contributed by atoms with E-state index in [1.807, 2.05) is 14.0 Å². The second-order valence-corrected chi connectivity index (χ2v) is 8.83. The first-order valence-electron chi connectivity index (χ1n) is 9.19. The number of rotatable bonds is 7. The van der Waals surface area contributed by atoms with Crippen molar-refractivity contribution in [3.8, 4) is 5.75 Å². The molecule has 0 saturated heterocycles. The third-order valence-corrected chi connectivity index (χ3v) is 7.38. The van der Waals surface area contributed by atoms with E-state index in [9.17, 15) is 5.11 Å². The zero-order chi connectivity index (χ0) is 18.6. The lowest BCUT2D eigenvalue weighted by atomic mass is 9.89. The van der Waals surface area contributed by atoms with Crippen molar-refractivity contribution in [1.82, 2.24) is 5.32 Å². The molecule has 0 aliphatic rings. The standard InChI is InChI=1S/C22H32NOP/c1-7-22(8-2,19-13-16(4)11-17(5)21(19)24)25-20-10-9-15(3)12-18(20)14-23-6/h9-13,23-25H,7-8,14H2,1-6H3. The summed E-state index contributed by atoms with van der Waals surface area (Å²) in [5, 5.41) is 15.5. The van der Waals surface area contributed by atoms with Crippen molar-refractivity contribution in [2.45, 2.75) is 59.2 Å². The molecule has 2 rings (SSSR count). The number of hydrogen-bond acceptors (Lipinski definition) is 2. The fraction of sp³-hybridized carbons (Fsp3) is 0.455. The van der Waals surface area contributed by atoms with Crippen molar-refractivity contribution in [3.63, 3.8) is 0 Å². The first-order chi connectivity index (χ1) is 11.9. The summed E-state index contributed by atoms with van der Waals surface area (Å²) in [5.41, 5.74) is 5.98. The maximum Gasteiger partial charge on any atom is 0.122 e. The number of phenols is 1. The predicted molar refractivity (Wildman–Crippen MR) is 112 cm³/mol. The molecule has 136 valence electrons. The Balaban J connectivity index is 2.56. The summed E-state index contributed by atoms with van der Waals surface area (Å²) in [4.78, 5) is 0. The Kier molecular flexibility index (Phi) is 6.65. The fourth-order valence-electron chi connectivity index (χ4n) is 3.64. The van der Waals surface area contributed by atoms with Crippen molar-refractivity contribution >= 4 is 13.9 Å². The van der Waals surface area contributed by atoms with Gasteiger partial charge < -0.3 is 10.4 Å². The average Bonchev–Trinajstić information content (AvgIpc) is 2.58. The first kappa shape index (κ1) is 19.9. The van der Waals surface area contributed by atoms with E-state index in [2.05, 4.69) is 63.3 Å². The van der Waals surface area contributed by atoms with Crippen molar-refractivity contribution in [1.29, 1.82) is 0 Å². The lowest BCUT2D eigenvalue weighted by Crippen LogP contribution is -2.24. The van der Waals surface area contributed by atoms with Gasteiger partial charge in [0.1, 0.15) is 5.75 Å². The van der Waals surface area contributed by atoms with Crippen molar-refractivity contribution < 1.29 is 5.11 Å². The average molecular weight is 357 g/mol. The molecule has 0 spiro atoms. The van der Waals surface area contributed by atoms with E-state index in [1.54, 1.807) is 0 Å². The van der Waals surface area contributed by atoms with Gasteiger partial charge in [0.05, 0.1) is 0 Å². The van der Waals surface area contributed by atoms with Crippen LogP contribution >= 0.6 is 8.58 Å². The van der Waals surface area contributed by atoms with Crippen LogP contribution in [0.3, 0.4) is 0 Å². The molecule has 25 heavy (non-hydrogen) atoms. The number of hydrogen-bond donors (Lipinski definition) is 2. The smallest absolute Gasteiger partial charge is 0.122 e. The molecule has 2 aromatic rings. The summed E-state index contributed by atoms with van der Waals surface area (Å²) in [7, 11) is 2.64. The van der Waals surface area contributed by atoms with Crippen molar-refractivity contribution in [2.24, 2.45) is 0 Å². The van der Waals surface area contributed by atoms with Crippen LogP contribution in [-0.4, -0.2) is 12.2 Å². The minimum absolute atomic E-state index is 0.0153. The Bertz CT molecular complexity index is 735. The SMILES string of the molecule is CCC(CC)(Pc1ccc(C)cc1CNC)c1cc(C)cc(C)c1O. The van der Waals surface area contributed by atoms with Gasteiger partial charge in [0.2, 0.25) is 0 Å². The van der Waals surface area contributed by atoms with E-state index < -0.39 is 0 Å². The Labute approximate surface area is 154 Å². The largest absolute Gasteiger partial charge is 0.507 e. The van der Waals surface area contributed by atoms with E-state index >= 15 is 0 Å². The highest BCUT2D eigenvalue weighted by Crippen LogP contribution is 2.51. The van der Waals surface area contributed by atoms with Crippen molar-refractivity contribution in [2.75, 3.05) is 7.05 Å². The molecule has 0 amide bonds. The third kappa shape index (κ3) is 4.25. The van der Waals surface area contributed by atoms with Crippen LogP contribution in [-0.2, 0) is 11.7 Å². The first-order valence-corrected chi connectivity index (χ1v) is 10.2. The molecule has 2 nitrogen and oxygen atoms in total. The molecule has 0 fully saturated rings. The number of aromatic hydroxyl groups is 1. The number of aryl methyl sites for hydroxylation is 3. The van der Waals surface area contributed by atoms with Gasteiger partial charge in [-0.2, -0.15) is 0 Å². The molecular weight excluding hydrogens is 325 g/mol.